The fraction of sp³-hybridized carbons (Fsp3) is 0.0588. The van der Waals surface area contributed by atoms with Crippen LogP contribution < -0.4 is 0 Å². The lowest BCUT2D eigenvalue weighted by molar-refractivity contribution is 0.0988. The lowest BCUT2D eigenvalue weighted by atomic mass is 10.1. The average Bonchev–Trinajstić information content (AvgIpc) is 3.00. The van der Waals surface area contributed by atoms with Crippen LogP contribution in [0.1, 0.15) is 16.1 Å². The van der Waals surface area contributed by atoms with Crippen molar-refractivity contribution in [2.24, 2.45) is 0 Å². The van der Waals surface area contributed by atoms with Crippen LogP contribution >= 0.6 is 11.6 Å². The van der Waals surface area contributed by atoms with Crippen LogP contribution in [0.3, 0.4) is 0 Å². The molecule has 5 heteroatoms. The largest absolute Gasteiger partial charge is 0.508 e. The third kappa shape index (κ3) is 3.18. The number of nitrogens with one attached hydrogen (secondary N) is 1. The van der Waals surface area contributed by atoms with Gasteiger partial charge in [-0.25, -0.2) is 0 Å². The predicted molar refractivity (Wildman–Crippen MR) is 85.2 cm³/mol. The van der Waals surface area contributed by atoms with E-state index < -0.39 is 0 Å². The number of halogens is 1. The van der Waals surface area contributed by atoms with E-state index in [0.29, 0.717) is 16.4 Å². The number of H-pyrrole nitrogens is 1. The van der Waals surface area contributed by atoms with Crippen molar-refractivity contribution in [2.75, 3.05) is 0 Å². The molecule has 0 aliphatic rings. The van der Waals surface area contributed by atoms with E-state index in [4.69, 9.17) is 11.6 Å². The van der Waals surface area contributed by atoms with E-state index in [2.05, 4.69) is 10.2 Å². The van der Waals surface area contributed by atoms with Crippen molar-refractivity contribution in [3.8, 4) is 17.0 Å². The molecule has 0 spiro atoms. The number of benzene rings is 2. The zero-order valence-corrected chi connectivity index (χ0v) is 12.3. The van der Waals surface area contributed by atoms with Gasteiger partial charge in [-0.15, -0.1) is 0 Å². The van der Waals surface area contributed by atoms with Crippen LogP contribution in [0.2, 0.25) is 5.02 Å². The molecule has 0 aliphatic carbocycles. The molecule has 2 aromatic carbocycles. The maximum atomic E-state index is 12.3. The first-order valence-electron chi connectivity index (χ1n) is 6.74. The molecule has 3 aromatic rings. The van der Waals surface area contributed by atoms with Crippen molar-refractivity contribution in [3.05, 3.63) is 70.9 Å². The lowest BCUT2D eigenvalue weighted by Gasteiger charge is -1.99. The number of phenols is 1. The van der Waals surface area contributed by atoms with Crippen molar-refractivity contribution in [3.63, 3.8) is 0 Å². The molecule has 1 heterocycles. The van der Waals surface area contributed by atoms with Gasteiger partial charge in [-0.3, -0.25) is 9.89 Å². The van der Waals surface area contributed by atoms with Gasteiger partial charge < -0.3 is 5.11 Å². The number of carbonyl (C=O) groups is 1. The van der Waals surface area contributed by atoms with Crippen LogP contribution in [0, 0.1) is 0 Å². The monoisotopic (exact) mass is 312 g/mol. The lowest BCUT2D eigenvalue weighted by Crippen LogP contribution is -2.03. The van der Waals surface area contributed by atoms with Crippen molar-refractivity contribution in [2.45, 2.75) is 6.42 Å². The molecule has 22 heavy (non-hydrogen) atoms. The highest BCUT2D eigenvalue weighted by Crippen LogP contribution is 2.22. The van der Waals surface area contributed by atoms with Gasteiger partial charge in [0.25, 0.3) is 0 Å². The fourth-order valence-corrected chi connectivity index (χ4v) is 2.29. The molecule has 0 bridgehead atoms. The first-order valence-corrected chi connectivity index (χ1v) is 7.12. The second-order valence-electron chi connectivity index (χ2n) is 4.94. The van der Waals surface area contributed by atoms with Crippen LogP contribution in [0.4, 0.5) is 0 Å². The topological polar surface area (TPSA) is 66.0 Å². The highest BCUT2D eigenvalue weighted by atomic mass is 35.5. The number of aromatic amines is 1. The van der Waals surface area contributed by atoms with Gasteiger partial charge in [-0.1, -0.05) is 35.9 Å². The Balaban J connectivity index is 1.78. The number of rotatable bonds is 4. The van der Waals surface area contributed by atoms with Crippen molar-refractivity contribution >= 4 is 17.4 Å². The number of aromatic nitrogens is 2. The van der Waals surface area contributed by atoms with Crippen LogP contribution in [0.5, 0.6) is 5.75 Å². The predicted octanol–water partition coefficient (Wildman–Crippen LogP) is 3.86. The Kier molecular flexibility index (Phi) is 3.94. The summed E-state index contributed by atoms with van der Waals surface area (Å²) in [5, 5.41) is 17.0. The summed E-state index contributed by atoms with van der Waals surface area (Å²) in [7, 11) is 0. The number of aromatic hydroxyl groups is 1. The minimum atomic E-state index is -0.0544. The zero-order valence-electron chi connectivity index (χ0n) is 11.6. The molecule has 3 rings (SSSR count). The Labute approximate surface area is 132 Å². The van der Waals surface area contributed by atoms with E-state index in [1.807, 2.05) is 18.2 Å². The smallest absolute Gasteiger partial charge is 0.184 e. The SMILES string of the molecule is O=C(Cc1ccc(Cl)cc1)c1cc(-c2cccc(O)c2)n[nH]1. The Morgan fingerprint density at radius 1 is 1.14 bits per heavy atom. The molecule has 0 fully saturated rings. The van der Waals surface area contributed by atoms with Gasteiger partial charge in [0.1, 0.15) is 11.4 Å². The summed E-state index contributed by atoms with van der Waals surface area (Å²) in [5.74, 6) is 0.107. The first-order chi connectivity index (χ1) is 10.6. The van der Waals surface area contributed by atoms with Crippen LogP contribution in [0.15, 0.2) is 54.6 Å². The normalized spacial score (nSPS) is 10.6. The van der Waals surface area contributed by atoms with E-state index in [0.717, 1.165) is 11.1 Å². The highest BCUT2D eigenvalue weighted by Gasteiger charge is 2.12. The number of nitrogens with zero attached hydrogens (tertiary/aromatic N) is 1. The molecule has 0 unspecified atom stereocenters. The van der Waals surface area contributed by atoms with Gasteiger partial charge in [0.05, 0.1) is 5.69 Å². The van der Waals surface area contributed by atoms with E-state index in [9.17, 15) is 9.90 Å². The number of hydrogen-bond acceptors (Lipinski definition) is 3. The minimum absolute atomic E-state index is 0.0544. The van der Waals surface area contributed by atoms with Crippen molar-refractivity contribution in [1.29, 1.82) is 0 Å². The van der Waals surface area contributed by atoms with Gasteiger partial charge in [-0.2, -0.15) is 5.10 Å². The van der Waals surface area contributed by atoms with Gasteiger partial charge in [0.2, 0.25) is 0 Å². The number of ketones is 1. The summed E-state index contributed by atoms with van der Waals surface area (Å²) in [5.41, 5.74) is 2.70. The van der Waals surface area contributed by atoms with Crippen LogP contribution in [-0.2, 0) is 6.42 Å². The zero-order chi connectivity index (χ0) is 15.5. The molecule has 110 valence electrons. The number of Topliss-reactive ketones (excluding diaryl/α,β-unsaturated/α-hetero) is 1. The maximum Gasteiger partial charge on any atom is 0.184 e. The molecular formula is C17H13ClN2O2. The molecule has 0 radical (unpaired) electrons. The van der Waals surface area contributed by atoms with E-state index in [1.165, 1.54) is 0 Å². The summed E-state index contributed by atoms with van der Waals surface area (Å²) < 4.78 is 0. The summed E-state index contributed by atoms with van der Waals surface area (Å²) in [6.45, 7) is 0. The van der Waals surface area contributed by atoms with Crippen molar-refractivity contribution < 1.29 is 9.90 Å². The van der Waals surface area contributed by atoms with E-state index >= 15 is 0 Å². The second kappa shape index (κ2) is 6.03. The van der Waals surface area contributed by atoms with Crippen LogP contribution in [-0.4, -0.2) is 21.1 Å². The Morgan fingerprint density at radius 3 is 2.64 bits per heavy atom. The summed E-state index contributed by atoms with van der Waals surface area (Å²) >= 11 is 5.83. The quantitative estimate of drug-likeness (QED) is 0.719. The Morgan fingerprint density at radius 2 is 1.91 bits per heavy atom. The molecule has 0 aliphatic heterocycles. The molecule has 4 nitrogen and oxygen atoms in total. The van der Waals surface area contributed by atoms with Gasteiger partial charge in [-0.05, 0) is 35.9 Å². The van der Waals surface area contributed by atoms with E-state index in [-0.39, 0.29) is 18.0 Å². The maximum absolute atomic E-state index is 12.3. The molecule has 0 saturated heterocycles. The fourth-order valence-electron chi connectivity index (χ4n) is 2.16. The van der Waals surface area contributed by atoms with Gasteiger partial charge in [0.15, 0.2) is 5.78 Å². The third-order valence-corrected chi connectivity index (χ3v) is 3.55. The van der Waals surface area contributed by atoms with Gasteiger partial charge >= 0.3 is 0 Å². The summed E-state index contributed by atoms with van der Waals surface area (Å²) in [6, 6.07) is 15.6. The van der Waals surface area contributed by atoms with E-state index in [1.54, 1.807) is 36.4 Å². The van der Waals surface area contributed by atoms with Crippen LogP contribution in [0.25, 0.3) is 11.3 Å². The molecule has 0 atom stereocenters. The molecule has 0 amide bonds. The molecule has 0 saturated carbocycles. The first kappa shape index (κ1) is 14.4. The Hall–Kier alpha value is -2.59. The minimum Gasteiger partial charge on any atom is -0.508 e. The number of hydrogen-bond donors (Lipinski definition) is 2. The Bertz CT molecular complexity index is 810. The highest BCUT2D eigenvalue weighted by molar-refractivity contribution is 6.30. The summed E-state index contributed by atoms with van der Waals surface area (Å²) in [6.07, 6.45) is 0.277. The third-order valence-electron chi connectivity index (χ3n) is 3.30. The van der Waals surface area contributed by atoms with Gasteiger partial charge in [0, 0.05) is 17.0 Å². The number of carbonyl (C=O) groups excluding carboxylic acids is 1. The second-order valence-corrected chi connectivity index (χ2v) is 5.38. The number of phenolic OH excluding ortho intramolecular Hbond substituents is 1. The standard InChI is InChI=1S/C17H13ClN2O2/c18-13-6-4-11(5-7-13)8-17(22)16-10-15(19-20-16)12-2-1-3-14(21)9-12/h1-7,9-10,21H,8H2,(H,19,20). The molecule has 2 N–H and O–H groups in total. The average molecular weight is 313 g/mol. The summed E-state index contributed by atoms with van der Waals surface area (Å²) in [4.78, 5) is 12.3. The molecular weight excluding hydrogens is 300 g/mol. The molecule has 1 aromatic heterocycles. The van der Waals surface area contributed by atoms with Crippen molar-refractivity contribution in [1.82, 2.24) is 10.2 Å².